The standard InChI is InChI=1S/C14H22O/c1-6-7-8-12-11(3)13(15)9-10(2)14(12,4)5/h6,10H,1,7-9H2,2-5H3. The maximum absolute atomic E-state index is 11.8. The molecule has 0 aromatic rings. The van der Waals surface area contributed by atoms with Gasteiger partial charge in [-0.3, -0.25) is 4.79 Å². The normalized spacial score (nSPS) is 25.6. The molecular weight excluding hydrogens is 184 g/mol. The quantitative estimate of drug-likeness (QED) is 0.640. The first kappa shape index (κ1) is 12.2. The summed E-state index contributed by atoms with van der Waals surface area (Å²) in [6, 6.07) is 0. The molecule has 0 fully saturated rings. The molecule has 0 saturated carbocycles. The van der Waals surface area contributed by atoms with E-state index in [1.165, 1.54) is 5.57 Å². The van der Waals surface area contributed by atoms with Crippen molar-refractivity contribution in [1.29, 1.82) is 0 Å². The summed E-state index contributed by atoms with van der Waals surface area (Å²) in [5.74, 6) is 0.786. The Balaban J connectivity index is 3.06. The number of carbonyl (C=O) groups is 1. The van der Waals surface area contributed by atoms with Crippen molar-refractivity contribution in [1.82, 2.24) is 0 Å². The van der Waals surface area contributed by atoms with Crippen LogP contribution in [0.5, 0.6) is 0 Å². The molecule has 0 aromatic heterocycles. The fourth-order valence-corrected chi connectivity index (χ4v) is 2.39. The molecule has 0 amide bonds. The topological polar surface area (TPSA) is 17.1 Å². The van der Waals surface area contributed by atoms with Gasteiger partial charge in [0.15, 0.2) is 5.78 Å². The first-order valence-corrected chi connectivity index (χ1v) is 5.75. The molecule has 0 spiro atoms. The molecular formula is C14H22O. The van der Waals surface area contributed by atoms with Crippen LogP contribution in [0.1, 0.15) is 47.0 Å². The van der Waals surface area contributed by atoms with Gasteiger partial charge in [0.25, 0.3) is 0 Å². The van der Waals surface area contributed by atoms with Gasteiger partial charge >= 0.3 is 0 Å². The van der Waals surface area contributed by atoms with Crippen molar-refractivity contribution < 1.29 is 4.79 Å². The van der Waals surface area contributed by atoms with Gasteiger partial charge in [-0.05, 0) is 36.7 Å². The lowest BCUT2D eigenvalue weighted by molar-refractivity contribution is -0.118. The van der Waals surface area contributed by atoms with Crippen LogP contribution in [-0.2, 0) is 4.79 Å². The van der Waals surface area contributed by atoms with Crippen molar-refractivity contribution in [3.63, 3.8) is 0 Å². The molecule has 15 heavy (non-hydrogen) atoms. The van der Waals surface area contributed by atoms with E-state index in [9.17, 15) is 4.79 Å². The first-order chi connectivity index (χ1) is 6.91. The second-order valence-corrected chi connectivity index (χ2v) is 5.18. The summed E-state index contributed by atoms with van der Waals surface area (Å²) < 4.78 is 0. The highest BCUT2D eigenvalue weighted by molar-refractivity contribution is 5.97. The Labute approximate surface area is 93.3 Å². The monoisotopic (exact) mass is 206 g/mol. The van der Waals surface area contributed by atoms with Crippen LogP contribution in [0.4, 0.5) is 0 Å². The molecule has 0 aromatic carbocycles. The number of allylic oxidation sites excluding steroid dienone is 3. The molecule has 0 aliphatic heterocycles. The van der Waals surface area contributed by atoms with Crippen LogP contribution in [0, 0.1) is 11.3 Å². The summed E-state index contributed by atoms with van der Waals surface area (Å²) in [6.07, 6.45) is 4.59. The molecule has 0 radical (unpaired) electrons. The minimum absolute atomic E-state index is 0.168. The maximum Gasteiger partial charge on any atom is 0.158 e. The van der Waals surface area contributed by atoms with Crippen molar-refractivity contribution in [2.75, 3.05) is 0 Å². The Morgan fingerprint density at radius 1 is 1.53 bits per heavy atom. The molecule has 0 N–H and O–H groups in total. The molecule has 1 aliphatic rings. The molecule has 0 bridgehead atoms. The number of hydrogen-bond acceptors (Lipinski definition) is 1. The zero-order chi connectivity index (χ0) is 11.6. The van der Waals surface area contributed by atoms with Gasteiger partial charge in [0.2, 0.25) is 0 Å². The van der Waals surface area contributed by atoms with E-state index in [4.69, 9.17) is 0 Å². The Morgan fingerprint density at radius 3 is 2.67 bits per heavy atom. The second-order valence-electron chi connectivity index (χ2n) is 5.18. The number of Topliss-reactive ketones (excluding diaryl/α,β-unsaturated/α-hetero) is 1. The molecule has 84 valence electrons. The predicted molar refractivity (Wildman–Crippen MR) is 64.7 cm³/mol. The lowest BCUT2D eigenvalue weighted by Crippen LogP contribution is -2.33. The van der Waals surface area contributed by atoms with E-state index in [2.05, 4.69) is 27.4 Å². The number of ketones is 1. The predicted octanol–water partition coefficient (Wildman–Crippen LogP) is 3.90. The van der Waals surface area contributed by atoms with Crippen molar-refractivity contribution in [3.8, 4) is 0 Å². The lowest BCUT2D eigenvalue weighted by Gasteiger charge is -2.39. The van der Waals surface area contributed by atoms with E-state index in [1.807, 2.05) is 13.0 Å². The molecule has 0 saturated heterocycles. The third kappa shape index (κ3) is 2.22. The Kier molecular flexibility index (Phi) is 3.54. The molecule has 1 aliphatic carbocycles. The smallest absolute Gasteiger partial charge is 0.158 e. The van der Waals surface area contributed by atoms with E-state index in [0.29, 0.717) is 18.1 Å². The summed E-state index contributed by atoms with van der Waals surface area (Å²) in [7, 11) is 0. The summed E-state index contributed by atoms with van der Waals surface area (Å²) in [5.41, 5.74) is 2.51. The van der Waals surface area contributed by atoms with Crippen LogP contribution in [0.25, 0.3) is 0 Å². The molecule has 1 unspecified atom stereocenters. The molecule has 1 heteroatoms. The molecule has 0 heterocycles. The average molecular weight is 206 g/mol. The zero-order valence-electron chi connectivity index (χ0n) is 10.4. The van der Waals surface area contributed by atoms with Gasteiger partial charge in [0, 0.05) is 6.42 Å². The summed E-state index contributed by atoms with van der Waals surface area (Å²) in [4.78, 5) is 11.8. The van der Waals surface area contributed by atoms with Crippen molar-refractivity contribution in [2.45, 2.75) is 47.0 Å². The number of rotatable bonds is 3. The van der Waals surface area contributed by atoms with Crippen molar-refractivity contribution in [3.05, 3.63) is 23.8 Å². The van der Waals surface area contributed by atoms with Gasteiger partial charge < -0.3 is 0 Å². The largest absolute Gasteiger partial charge is 0.295 e. The highest BCUT2D eigenvalue weighted by atomic mass is 16.1. The van der Waals surface area contributed by atoms with E-state index in [-0.39, 0.29) is 5.41 Å². The molecule has 1 rings (SSSR count). The highest BCUT2D eigenvalue weighted by Gasteiger charge is 2.37. The van der Waals surface area contributed by atoms with Gasteiger partial charge in [-0.25, -0.2) is 0 Å². The number of carbonyl (C=O) groups excluding carboxylic acids is 1. The zero-order valence-corrected chi connectivity index (χ0v) is 10.4. The molecule has 1 nitrogen and oxygen atoms in total. The van der Waals surface area contributed by atoms with Gasteiger partial charge in [0.05, 0.1) is 0 Å². The Morgan fingerprint density at radius 2 is 2.13 bits per heavy atom. The van der Waals surface area contributed by atoms with Gasteiger partial charge in [0.1, 0.15) is 0 Å². The Bertz CT molecular complexity index is 307. The van der Waals surface area contributed by atoms with E-state index in [0.717, 1.165) is 18.4 Å². The summed E-state index contributed by atoms with van der Waals surface area (Å²) in [5, 5.41) is 0. The number of hydrogen-bond donors (Lipinski definition) is 0. The van der Waals surface area contributed by atoms with E-state index < -0.39 is 0 Å². The van der Waals surface area contributed by atoms with E-state index in [1.54, 1.807) is 0 Å². The van der Waals surface area contributed by atoms with Crippen LogP contribution in [-0.4, -0.2) is 5.78 Å². The fourth-order valence-electron chi connectivity index (χ4n) is 2.39. The van der Waals surface area contributed by atoms with Crippen molar-refractivity contribution >= 4 is 5.78 Å². The van der Waals surface area contributed by atoms with Crippen LogP contribution < -0.4 is 0 Å². The second kappa shape index (κ2) is 4.34. The van der Waals surface area contributed by atoms with Crippen LogP contribution in [0.3, 0.4) is 0 Å². The maximum atomic E-state index is 11.8. The van der Waals surface area contributed by atoms with Crippen molar-refractivity contribution in [2.24, 2.45) is 11.3 Å². The summed E-state index contributed by atoms with van der Waals surface area (Å²) >= 11 is 0. The SMILES string of the molecule is C=CCCC1=C(C)C(=O)CC(C)C1(C)C. The van der Waals surface area contributed by atoms with Crippen LogP contribution >= 0.6 is 0 Å². The third-order valence-corrected chi connectivity index (χ3v) is 3.97. The van der Waals surface area contributed by atoms with Gasteiger partial charge in [-0.2, -0.15) is 0 Å². The van der Waals surface area contributed by atoms with Crippen LogP contribution in [0.2, 0.25) is 0 Å². The highest BCUT2D eigenvalue weighted by Crippen LogP contribution is 2.44. The first-order valence-electron chi connectivity index (χ1n) is 5.75. The lowest BCUT2D eigenvalue weighted by atomic mass is 9.65. The summed E-state index contributed by atoms with van der Waals surface area (Å²) in [6.45, 7) is 12.4. The van der Waals surface area contributed by atoms with E-state index >= 15 is 0 Å². The average Bonchev–Trinajstić information content (AvgIpc) is 2.15. The van der Waals surface area contributed by atoms with Crippen LogP contribution in [0.15, 0.2) is 23.8 Å². The minimum atomic E-state index is 0.168. The Hall–Kier alpha value is -0.850. The van der Waals surface area contributed by atoms with Gasteiger partial charge in [-0.1, -0.05) is 32.4 Å². The fraction of sp³-hybridized carbons (Fsp3) is 0.643. The third-order valence-electron chi connectivity index (χ3n) is 3.97. The molecule has 1 atom stereocenters. The minimum Gasteiger partial charge on any atom is -0.295 e. The van der Waals surface area contributed by atoms with Gasteiger partial charge in [-0.15, -0.1) is 6.58 Å².